The topological polar surface area (TPSA) is 46.5 Å². The molecule has 0 aliphatic heterocycles. The number of carboxylic acids is 1. The molecule has 0 radical (unpaired) electrons. The third-order valence-electron chi connectivity index (χ3n) is 2.71. The monoisotopic (exact) mass is 240 g/mol. The van der Waals surface area contributed by atoms with Crippen LogP contribution in [0, 0.1) is 11.7 Å². The van der Waals surface area contributed by atoms with Crippen molar-refractivity contribution in [3.05, 3.63) is 35.1 Å². The van der Waals surface area contributed by atoms with Crippen molar-refractivity contribution < 1.29 is 19.0 Å². The Kier molecular flexibility index (Phi) is 4.63. The van der Waals surface area contributed by atoms with Gasteiger partial charge in [-0.05, 0) is 30.5 Å². The Hall–Kier alpha value is -1.42. The van der Waals surface area contributed by atoms with Gasteiger partial charge in [0.15, 0.2) is 0 Å². The molecule has 1 rings (SSSR count). The standard InChI is InChI=1S/C13H17FO3/c1-8(2)9(3)17-7-10-4-5-12(14)11(6-10)13(15)16/h4-6,8-9H,7H2,1-3H3,(H,15,16). The zero-order valence-corrected chi connectivity index (χ0v) is 10.2. The van der Waals surface area contributed by atoms with Gasteiger partial charge in [0.1, 0.15) is 5.82 Å². The summed E-state index contributed by atoms with van der Waals surface area (Å²) in [6.07, 6.45) is 0.0772. The highest BCUT2D eigenvalue weighted by Crippen LogP contribution is 2.14. The maximum atomic E-state index is 13.1. The molecule has 0 bridgehead atoms. The largest absolute Gasteiger partial charge is 0.478 e. The van der Waals surface area contributed by atoms with Crippen LogP contribution in [0.15, 0.2) is 18.2 Å². The van der Waals surface area contributed by atoms with Gasteiger partial charge in [0, 0.05) is 0 Å². The van der Waals surface area contributed by atoms with E-state index in [-0.39, 0.29) is 11.7 Å². The van der Waals surface area contributed by atoms with Gasteiger partial charge in [0.25, 0.3) is 0 Å². The van der Waals surface area contributed by atoms with Crippen molar-refractivity contribution >= 4 is 5.97 Å². The smallest absolute Gasteiger partial charge is 0.338 e. The Morgan fingerprint density at radius 3 is 2.59 bits per heavy atom. The normalized spacial score (nSPS) is 12.8. The van der Waals surface area contributed by atoms with Gasteiger partial charge in [-0.25, -0.2) is 9.18 Å². The molecule has 1 atom stereocenters. The van der Waals surface area contributed by atoms with Crippen LogP contribution < -0.4 is 0 Å². The molecule has 0 aliphatic rings. The Morgan fingerprint density at radius 1 is 1.41 bits per heavy atom. The van der Waals surface area contributed by atoms with Crippen LogP contribution in [0.25, 0.3) is 0 Å². The highest BCUT2D eigenvalue weighted by atomic mass is 19.1. The van der Waals surface area contributed by atoms with Gasteiger partial charge in [0.2, 0.25) is 0 Å². The van der Waals surface area contributed by atoms with Crippen molar-refractivity contribution in [2.24, 2.45) is 5.92 Å². The van der Waals surface area contributed by atoms with Crippen LogP contribution in [0.2, 0.25) is 0 Å². The Labute approximate surface area is 100 Å². The van der Waals surface area contributed by atoms with Crippen molar-refractivity contribution in [1.29, 1.82) is 0 Å². The maximum absolute atomic E-state index is 13.1. The average molecular weight is 240 g/mol. The number of hydrogen-bond donors (Lipinski definition) is 1. The molecule has 17 heavy (non-hydrogen) atoms. The van der Waals surface area contributed by atoms with E-state index >= 15 is 0 Å². The lowest BCUT2D eigenvalue weighted by molar-refractivity contribution is 0.0234. The quantitative estimate of drug-likeness (QED) is 0.860. The molecule has 0 amide bonds. The molecule has 1 aromatic carbocycles. The third kappa shape index (κ3) is 3.82. The van der Waals surface area contributed by atoms with Gasteiger partial charge in [0.05, 0.1) is 18.3 Å². The third-order valence-corrected chi connectivity index (χ3v) is 2.71. The molecule has 0 aliphatic carbocycles. The number of rotatable bonds is 5. The van der Waals surface area contributed by atoms with Gasteiger partial charge in [-0.3, -0.25) is 0 Å². The Morgan fingerprint density at radius 2 is 2.06 bits per heavy atom. The van der Waals surface area contributed by atoms with E-state index in [9.17, 15) is 9.18 Å². The first-order valence-corrected chi connectivity index (χ1v) is 5.55. The second-order valence-electron chi connectivity index (χ2n) is 4.38. The summed E-state index contributed by atoms with van der Waals surface area (Å²) in [5.74, 6) is -1.60. The summed E-state index contributed by atoms with van der Waals surface area (Å²) in [4.78, 5) is 10.7. The lowest BCUT2D eigenvalue weighted by atomic mass is 10.1. The van der Waals surface area contributed by atoms with E-state index in [1.165, 1.54) is 12.1 Å². The molecule has 3 nitrogen and oxygen atoms in total. The number of benzene rings is 1. The van der Waals surface area contributed by atoms with Gasteiger partial charge in [-0.2, -0.15) is 0 Å². The Bertz CT molecular complexity index is 402. The molecule has 94 valence electrons. The second kappa shape index (κ2) is 5.77. The fraction of sp³-hybridized carbons (Fsp3) is 0.462. The van der Waals surface area contributed by atoms with Crippen LogP contribution in [0.1, 0.15) is 36.7 Å². The number of aromatic carboxylic acids is 1. The molecule has 0 heterocycles. The summed E-state index contributed by atoms with van der Waals surface area (Å²) in [6.45, 7) is 6.32. The van der Waals surface area contributed by atoms with Crippen molar-refractivity contribution in [3.8, 4) is 0 Å². The first kappa shape index (κ1) is 13.6. The second-order valence-corrected chi connectivity index (χ2v) is 4.38. The molecule has 0 aromatic heterocycles. The number of carbonyl (C=O) groups is 1. The van der Waals surface area contributed by atoms with Gasteiger partial charge < -0.3 is 9.84 Å². The zero-order valence-electron chi connectivity index (χ0n) is 10.2. The van der Waals surface area contributed by atoms with E-state index < -0.39 is 11.8 Å². The lowest BCUT2D eigenvalue weighted by Crippen LogP contribution is -2.15. The molecular weight excluding hydrogens is 223 g/mol. The minimum Gasteiger partial charge on any atom is -0.478 e. The molecular formula is C13H17FO3. The van der Waals surface area contributed by atoms with Crippen LogP contribution in [-0.2, 0) is 11.3 Å². The highest BCUT2D eigenvalue weighted by Gasteiger charge is 2.12. The molecule has 4 heteroatoms. The molecule has 1 unspecified atom stereocenters. The molecule has 0 fully saturated rings. The summed E-state index contributed by atoms with van der Waals surface area (Å²) in [5.41, 5.74) is 0.347. The Balaban J connectivity index is 2.73. The van der Waals surface area contributed by atoms with Gasteiger partial charge >= 0.3 is 5.97 Å². The summed E-state index contributed by atoms with van der Waals surface area (Å²) >= 11 is 0. The fourth-order valence-electron chi connectivity index (χ4n) is 1.25. The molecule has 1 N–H and O–H groups in total. The number of hydrogen-bond acceptors (Lipinski definition) is 2. The van der Waals surface area contributed by atoms with Crippen LogP contribution in [0.5, 0.6) is 0 Å². The average Bonchev–Trinajstić information content (AvgIpc) is 2.26. The first-order chi connectivity index (χ1) is 7.91. The molecule has 0 spiro atoms. The van der Waals surface area contributed by atoms with Crippen LogP contribution in [0.4, 0.5) is 4.39 Å². The van der Waals surface area contributed by atoms with Crippen molar-refractivity contribution in [2.45, 2.75) is 33.5 Å². The van der Waals surface area contributed by atoms with Gasteiger partial charge in [-0.15, -0.1) is 0 Å². The summed E-state index contributed by atoms with van der Waals surface area (Å²) in [6, 6.07) is 4.00. The molecule has 0 saturated heterocycles. The fourth-order valence-corrected chi connectivity index (χ4v) is 1.25. The minimum absolute atomic E-state index is 0.0772. The summed E-state index contributed by atoms with van der Waals surface area (Å²) in [5, 5.41) is 8.77. The van der Waals surface area contributed by atoms with Crippen molar-refractivity contribution in [3.63, 3.8) is 0 Å². The predicted molar refractivity (Wildman–Crippen MR) is 62.4 cm³/mol. The van der Waals surface area contributed by atoms with Crippen LogP contribution >= 0.6 is 0 Å². The number of ether oxygens (including phenoxy) is 1. The number of halogens is 1. The van der Waals surface area contributed by atoms with Crippen molar-refractivity contribution in [2.75, 3.05) is 0 Å². The van der Waals surface area contributed by atoms with E-state index in [4.69, 9.17) is 9.84 Å². The van der Waals surface area contributed by atoms with Crippen LogP contribution in [0.3, 0.4) is 0 Å². The number of carboxylic acid groups (broad SMARTS) is 1. The van der Waals surface area contributed by atoms with Crippen molar-refractivity contribution in [1.82, 2.24) is 0 Å². The molecule has 0 saturated carbocycles. The SMILES string of the molecule is CC(C)C(C)OCc1ccc(F)c(C(=O)O)c1. The van der Waals surface area contributed by atoms with Crippen LogP contribution in [-0.4, -0.2) is 17.2 Å². The van der Waals surface area contributed by atoms with E-state index in [2.05, 4.69) is 0 Å². The summed E-state index contributed by atoms with van der Waals surface area (Å²) < 4.78 is 18.7. The van der Waals surface area contributed by atoms with E-state index in [0.29, 0.717) is 18.1 Å². The molecule has 1 aromatic rings. The van der Waals surface area contributed by atoms with Gasteiger partial charge in [-0.1, -0.05) is 19.9 Å². The minimum atomic E-state index is -1.26. The maximum Gasteiger partial charge on any atom is 0.338 e. The summed E-state index contributed by atoms with van der Waals surface area (Å²) in [7, 11) is 0. The lowest BCUT2D eigenvalue weighted by Gasteiger charge is -2.16. The van der Waals surface area contributed by atoms with E-state index in [1.54, 1.807) is 0 Å². The predicted octanol–water partition coefficient (Wildman–Crippen LogP) is 3.09. The van der Waals surface area contributed by atoms with E-state index in [0.717, 1.165) is 6.07 Å². The first-order valence-electron chi connectivity index (χ1n) is 5.55. The van der Waals surface area contributed by atoms with E-state index in [1.807, 2.05) is 20.8 Å². The zero-order chi connectivity index (χ0) is 13.0. The highest BCUT2D eigenvalue weighted by molar-refractivity contribution is 5.88.